The number of thioether (sulfide) groups is 1. The molecule has 0 fully saturated rings. The molecule has 1 aromatic rings. The van der Waals surface area contributed by atoms with Crippen LogP contribution in [0, 0.1) is 0 Å². The Morgan fingerprint density at radius 1 is 1.28 bits per heavy atom. The predicted molar refractivity (Wildman–Crippen MR) is 82.7 cm³/mol. The number of hydrogen-bond donors (Lipinski definition) is 2. The van der Waals surface area contributed by atoms with Gasteiger partial charge in [0.2, 0.25) is 5.91 Å². The van der Waals surface area contributed by atoms with Crippen molar-refractivity contribution in [3.8, 4) is 11.5 Å². The normalized spacial score (nSPS) is 21.2. The van der Waals surface area contributed by atoms with Crippen molar-refractivity contribution in [3.63, 3.8) is 0 Å². The summed E-state index contributed by atoms with van der Waals surface area (Å²) in [6, 6.07) is 2.02. The van der Waals surface area contributed by atoms with Crippen LogP contribution in [0.2, 0.25) is 10.0 Å². The van der Waals surface area contributed by atoms with Gasteiger partial charge >= 0.3 is 12.1 Å². The Balaban J connectivity index is 1.90. The molecule has 0 saturated heterocycles. The van der Waals surface area contributed by atoms with Crippen LogP contribution in [0.15, 0.2) is 17.1 Å². The van der Waals surface area contributed by atoms with E-state index in [4.69, 9.17) is 38.4 Å². The van der Waals surface area contributed by atoms with Crippen molar-refractivity contribution in [2.45, 2.75) is 17.3 Å². The van der Waals surface area contributed by atoms with Crippen molar-refractivity contribution >= 4 is 51.9 Å². The zero-order valence-corrected chi connectivity index (χ0v) is 14.0. The number of hydrogen-bond acceptors (Lipinski definition) is 6. The number of nitrogens with one attached hydrogen (secondary N) is 1. The van der Waals surface area contributed by atoms with Crippen LogP contribution in [0.25, 0.3) is 0 Å². The molecule has 3 rings (SSSR count). The quantitative estimate of drug-likeness (QED) is 0.716. The Morgan fingerprint density at radius 3 is 2.20 bits per heavy atom. The second-order valence-electron chi connectivity index (χ2n) is 4.81. The molecule has 0 spiro atoms. The summed E-state index contributed by atoms with van der Waals surface area (Å²) in [6.45, 7) is 0. The van der Waals surface area contributed by atoms with Gasteiger partial charge in [-0.2, -0.15) is 18.2 Å². The van der Waals surface area contributed by atoms with Gasteiger partial charge in [0.05, 0.1) is 10.0 Å². The lowest BCUT2D eigenvalue weighted by Crippen LogP contribution is -2.66. The van der Waals surface area contributed by atoms with Crippen LogP contribution in [0.4, 0.5) is 13.2 Å². The molecule has 1 unspecified atom stereocenters. The van der Waals surface area contributed by atoms with E-state index >= 15 is 0 Å². The third-order valence-corrected chi connectivity index (χ3v) is 4.78. The predicted octanol–water partition coefficient (Wildman–Crippen LogP) is 2.05. The molecule has 0 aliphatic carbocycles. The maximum Gasteiger partial charge on any atom is 0.492 e. The van der Waals surface area contributed by atoms with Crippen molar-refractivity contribution in [1.29, 1.82) is 0 Å². The van der Waals surface area contributed by atoms with Crippen molar-refractivity contribution in [2.24, 2.45) is 10.7 Å². The van der Waals surface area contributed by atoms with Gasteiger partial charge in [-0.15, -0.1) is 0 Å². The minimum Gasteiger partial charge on any atom is -0.424 e. The van der Waals surface area contributed by atoms with Crippen molar-refractivity contribution in [2.75, 3.05) is 0 Å². The van der Waals surface area contributed by atoms with Gasteiger partial charge in [0.25, 0.3) is 5.91 Å². The Labute approximate surface area is 151 Å². The first-order valence-electron chi connectivity index (χ1n) is 6.33. The minimum atomic E-state index is -5.20. The molecular formula is C12H6Cl2F3N3O4S. The Bertz CT molecular complexity index is 787. The summed E-state index contributed by atoms with van der Waals surface area (Å²) in [6.07, 6.45) is -5.20. The number of halogens is 5. The van der Waals surface area contributed by atoms with Gasteiger partial charge in [-0.3, -0.25) is 14.9 Å². The molecule has 134 valence electrons. The van der Waals surface area contributed by atoms with Crippen molar-refractivity contribution in [1.82, 2.24) is 5.32 Å². The molecule has 2 aliphatic heterocycles. The summed E-state index contributed by atoms with van der Waals surface area (Å²) >= 11 is 12.0. The lowest BCUT2D eigenvalue weighted by atomic mass is 10.3. The first kappa shape index (κ1) is 18.0. The highest BCUT2D eigenvalue weighted by Gasteiger charge is 2.66. The molecule has 1 atom stereocenters. The first-order valence-corrected chi connectivity index (χ1v) is 7.96. The number of amidine groups is 1. The Hall–Kier alpha value is -1.85. The molecule has 0 saturated carbocycles. The fraction of sp³-hybridized carbons (Fsp3) is 0.250. The van der Waals surface area contributed by atoms with E-state index in [1.165, 1.54) is 0 Å². The van der Waals surface area contributed by atoms with Crippen LogP contribution in [0.3, 0.4) is 0 Å². The summed E-state index contributed by atoms with van der Waals surface area (Å²) < 4.78 is 50.1. The van der Waals surface area contributed by atoms with Crippen LogP contribution < -0.4 is 20.5 Å². The molecular weight excluding hydrogens is 410 g/mol. The summed E-state index contributed by atoms with van der Waals surface area (Å²) in [5.74, 6) is -6.62. The Morgan fingerprint density at radius 2 is 1.80 bits per heavy atom. The van der Waals surface area contributed by atoms with Crippen molar-refractivity contribution < 1.29 is 32.2 Å². The van der Waals surface area contributed by atoms with Gasteiger partial charge in [-0.25, -0.2) is 0 Å². The highest BCUT2D eigenvalue weighted by atomic mass is 35.5. The number of carbonyl (C=O) groups is 2. The zero-order valence-electron chi connectivity index (χ0n) is 11.7. The molecule has 0 bridgehead atoms. The summed E-state index contributed by atoms with van der Waals surface area (Å²) in [5, 5.41) is -0.416. The second-order valence-corrected chi connectivity index (χ2v) is 6.75. The van der Waals surface area contributed by atoms with E-state index in [-0.39, 0.29) is 26.7 Å². The fourth-order valence-corrected chi connectivity index (χ4v) is 3.01. The number of ether oxygens (including phenoxy) is 2. The van der Waals surface area contributed by atoms with Gasteiger partial charge in [0.15, 0.2) is 21.9 Å². The van der Waals surface area contributed by atoms with Crippen LogP contribution >= 0.6 is 35.0 Å². The Kier molecular flexibility index (Phi) is 4.20. The van der Waals surface area contributed by atoms with Gasteiger partial charge in [-0.05, 0) is 0 Å². The monoisotopic (exact) mass is 415 g/mol. The summed E-state index contributed by atoms with van der Waals surface area (Å²) in [5.41, 5.74) is 5.28. The maximum absolute atomic E-state index is 13.5. The number of benzene rings is 1. The van der Waals surface area contributed by atoms with E-state index in [2.05, 4.69) is 4.99 Å². The SMILES string of the molecule is NC1=NC(=O)C(C(=O)NC2(C(F)(F)F)Oc3cc(Cl)c(Cl)cc3O2)S1. The van der Waals surface area contributed by atoms with Gasteiger partial charge in [-0.1, -0.05) is 35.0 Å². The molecule has 13 heteroatoms. The number of nitrogens with zero attached hydrogens (tertiary/aromatic N) is 1. The number of fused-ring (bicyclic) bond motifs is 1. The average molecular weight is 416 g/mol. The molecule has 0 aromatic heterocycles. The van der Waals surface area contributed by atoms with Crippen LogP contribution in [-0.2, 0) is 9.59 Å². The summed E-state index contributed by atoms with van der Waals surface area (Å²) in [7, 11) is 0. The largest absolute Gasteiger partial charge is 0.492 e. The molecule has 2 aliphatic rings. The smallest absolute Gasteiger partial charge is 0.424 e. The molecule has 0 radical (unpaired) electrons. The highest BCUT2D eigenvalue weighted by molar-refractivity contribution is 8.16. The lowest BCUT2D eigenvalue weighted by Gasteiger charge is -2.30. The molecule has 25 heavy (non-hydrogen) atoms. The van der Waals surface area contributed by atoms with Gasteiger partial charge in [0.1, 0.15) is 0 Å². The summed E-state index contributed by atoms with van der Waals surface area (Å²) in [4.78, 5) is 26.9. The number of amides is 2. The fourth-order valence-electron chi connectivity index (χ4n) is 2.00. The lowest BCUT2D eigenvalue weighted by molar-refractivity contribution is -0.319. The molecule has 1 aromatic carbocycles. The van der Waals surface area contributed by atoms with Gasteiger partial charge in [0, 0.05) is 12.1 Å². The van der Waals surface area contributed by atoms with Crippen LogP contribution in [0.5, 0.6) is 11.5 Å². The van der Waals surface area contributed by atoms with E-state index in [0.717, 1.165) is 12.1 Å². The molecule has 7 nitrogen and oxygen atoms in total. The van der Waals surface area contributed by atoms with Crippen LogP contribution in [0.1, 0.15) is 0 Å². The number of rotatable bonds is 2. The average Bonchev–Trinajstić information content (AvgIpc) is 2.99. The second kappa shape index (κ2) is 5.85. The van der Waals surface area contributed by atoms with Gasteiger partial charge < -0.3 is 15.2 Å². The highest BCUT2D eigenvalue weighted by Crippen LogP contribution is 2.48. The van der Waals surface area contributed by atoms with E-state index in [1.807, 2.05) is 0 Å². The number of alkyl halides is 3. The maximum atomic E-state index is 13.5. The number of nitrogens with two attached hydrogens (primary N) is 1. The van der Waals surface area contributed by atoms with E-state index in [0.29, 0.717) is 11.8 Å². The molecule has 2 heterocycles. The minimum absolute atomic E-state index is 0.0731. The third kappa shape index (κ3) is 3.07. The van der Waals surface area contributed by atoms with E-state index < -0.39 is 29.2 Å². The van der Waals surface area contributed by atoms with E-state index in [1.54, 1.807) is 5.32 Å². The number of carbonyl (C=O) groups excluding carboxylic acids is 2. The first-order chi connectivity index (χ1) is 11.5. The zero-order chi connectivity index (χ0) is 18.6. The topological polar surface area (TPSA) is 103 Å². The molecule has 2 amide bonds. The number of aliphatic imine (C=N–C) groups is 1. The van der Waals surface area contributed by atoms with Crippen molar-refractivity contribution in [3.05, 3.63) is 22.2 Å². The standard InChI is InChI=1S/C12H6Cl2F3N3O4S/c13-3-1-5-6(2-4(3)14)24-12(23-5,11(15,16)17)20-9(22)7-8(21)19-10(18)25-7/h1-2,7H,(H,20,22)(H2,18,19,21). The van der Waals surface area contributed by atoms with E-state index in [9.17, 15) is 22.8 Å². The molecule has 3 N–H and O–H groups in total. The third-order valence-electron chi connectivity index (χ3n) is 3.08. The van der Waals surface area contributed by atoms with Crippen LogP contribution in [-0.4, -0.2) is 34.3 Å².